The van der Waals surface area contributed by atoms with E-state index in [9.17, 15) is 4.79 Å². The summed E-state index contributed by atoms with van der Waals surface area (Å²) >= 11 is 3.22. The first-order valence-corrected chi connectivity index (χ1v) is 6.37. The minimum atomic E-state index is 0.196. The second-order valence-corrected chi connectivity index (χ2v) is 4.58. The SMILES string of the molecule is CC(N)c1ccsc1.O=Cc1ccsc1. The highest BCUT2D eigenvalue weighted by molar-refractivity contribution is 7.08. The molecule has 2 heterocycles. The number of rotatable bonds is 2. The van der Waals surface area contributed by atoms with Crippen LogP contribution in [0.2, 0.25) is 0 Å². The van der Waals surface area contributed by atoms with Gasteiger partial charge in [0.1, 0.15) is 0 Å². The largest absolute Gasteiger partial charge is 0.324 e. The van der Waals surface area contributed by atoms with Crippen LogP contribution in [0.15, 0.2) is 33.7 Å². The van der Waals surface area contributed by atoms with Gasteiger partial charge < -0.3 is 5.73 Å². The molecule has 2 N–H and O–H groups in total. The van der Waals surface area contributed by atoms with Crippen LogP contribution >= 0.6 is 22.7 Å². The summed E-state index contributed by atoms with van der Waals surface area (Å²) in [5, 5.41) is 7.81. The molecule has 0 bridgehead atoms. The third-order valence-electron chi connectivity index (χ3n) is 1.75. The Kier molecular flexibility index (Phi) is 5.25. The Morgan fingerprint density at radius 2 is 1.93 bits per heavy atom. The Balaban J connectivity index is 0.000000151. The number of carbonyl (C=O) groups is 1. The van der Waals surface area contributed by atoms with E-state index in [-0.39, 0.29) is 6.04 Å². The second kappa shape index (κ2) is 6.50. The van der Waals surface area contributed by atoms with Gasteiger partial charge in [0.25, 0.3) is 0 Å². The van der Waals surface area contributed by atoms with Crippen LogP contribution in [-0.4, -0.2) is 6.29 Å². The Labute approximate surface area is 97.4 Å². The molecule has 2 aromatic rings. The molecule has 0 aromatic carbocycles. The van der Waals surface area contributed by atoms with Crippen molar-refractivity contribution < 1.29 is 4.79 Å². The Morgan fingerprint density at radius 1 is 1.27 bits per heavy atom. The molecule has 0 spiro atoms. The lowest BCUT2D eigenvalue weighted by atomic mass is 10.2. The lowest BCUT2D eigenvalue weighted by Gasteiger charge is -1.97. The van der Waals surface area contributed by atoms with Crippen molar-refractivity contribution in [3.05, 3.63) is 44.8 Å². The summed E-state index contributed by atoms with van der Waals surface area (Å²) < 4.78 is 0. The standard InChI is InChI=1S/C6H9NS.C5H4OS/c1-5(7)6-2-3-8-4-6;6-3-5-1-2-7-4-5/h2-5H,7H2,1H3;1-4H. The van der Waals surface area contributed by atoms with Crippen LogP contribution < -0.4 is 5.73 Å². The van der Waals surface area contributed by atoms with E-state index in [0.29, 0.717) is 0 Å². The maximum Gasteiger partial charge on any atom is 0.150 e. The molecule has 1 atom stereocenters. The van der Waals surface area contributed by atoms with Gasteiger partial charge in [0, 0.05) is 17.0 Å². The molecule has 0 fully saturated rings. The average Bonchev–Trinajstić information content (AvgIpc) is 2.92. The number of hydrogen-bond acceptors (Lipinski definition) is 4. The first kappa shape index (κ1) is 12.1. The lowest BCUT2D eigenvalue weighted by molar-refractivity contribution is 0.112. The van der Waals surface area contributed by atoms with Crippen LogP contribution in [0.25, 0.3) is 0 Å². The molecule has 0 saturated heterocycles. The summed E-state index contributed by atoms with van der Waals surface area (Å²) in [6, 6.07) is 4.04. The molecule has 0 aliphatic carbocycles. The predicted molar refractivity (Wildman–Crippen MR) is 66.6 cm³/mol. The highest BCUT2D eigenvalue weighted by Gasteiger charge is 1.95. The van der Waals surface area contributed by atoms with Gasteiger partial charge in [0.15, 0.2) is 6.29 Å². The molecule has 0 aliphatic rings. The molecule has 0 aliphatic heterocycles. The molecule has 2 nitrogen and oxygen atoms in total. The number of nitrogens with two attached hydrogens (primary N) is 1. The van der Waals surface area contributed by atoms with E-state index < -0.39 is 0 Å². The van der Waals surface area contributed by atoms with E-state index in [1.54, 1.807) is 17.4 Å². The first-order chi connectivity index (χ1) is 7.24. The van der Waals surface area contributed by atoms with Crippen LogP contribution in [0.5, 0.6) is 0 Å². The molecule has 80 valence electrons. The summed E-state index contributed by atoms with van der Waals surface area (Å²) in [5.41, 5.74) is 7.56. The highest BCUT2D eigenvalue weighted by atomic mass is 32.1. The third kappa shape index (κ3) is 4.38. The van der Waals surface area contributed by atoms with Gasteiger partial charge in [-0.1, -0.05) is 0 Å². The molecule has 0 amide bonds. The number of carbonyl (C=O) groups excluding carboxylic acids is 1. The minimum absolute atomic E-state index is 0.196. The van der Waals surface area contributed by atoms with Gasteiger partial charge >= 0.3 is 0 Å². The van der Waals surface area contributed by atoms with Crippen LogP contribution in [-0.2, 0) is 0 Å². The van der Waals surface area contributed by atoms with Gasteiger partial charge in [-0.3, -0.25) is 4.79 Å². The normalized spacial score (nSPS) is 11.3. The summed E-state index contributed by atoms with van der Waals surface area (Å²) in [7, 11) is 0. The second-order valence-electron chi connectivity index (χ2n) is 3.02. The maximum atomic E-state index is 9.87. The van der Waals surface area contributed by atoms with Crippen molar-refractivity contribution >= 4 is 29.0 Å². The topological polar surface area (TPSA) is 43.1 Å². The fourth-order valence-electron chi connectivity index (χ4n) is 0.876. The quantitative estimate of drug-likeness (QED) is 0.817. The van der Waals surface area contributed by atoms with Crippen LogP contribution in [0.4, 0.5) is 0 Å². The van der Waals surface area contributed by atoms with Crippen molar-refractivity contribution in [1.82, 2.24) is 0 Å². The molecule has 1 unspecified atom stereocenters. The molecule has 15 heavy (non-hydrogen) atoms. The number of thiophene rings is 2. The maximum absolute atomic E-state index is 9.87. The van der Waals surface area contributed by atoms with Crippen LogP contribution in [0, 0.1) is 0 Å². The van der Waals surface area contributed by atoms with Crippen molar-refractivity contribution in [2.24, 2.45) is 5.73 Å². The number of hydrogen-bond donors (Lipinski definition) is 1. The molecular formula is C11H13NOS2. The zero-order chi connectivity index (χ0) is 11.1. The Hall–Kier alpha value is -0.970. The van der Waals surface area contributed by atoms with Crippen molar-refractivity contribution in [2.45, 2.75) is 13.0 Å². The molecule has 2 rings (SSSR count). The molecular weight excluding hydrogens is 226 g/mol. The van der Waals surface area contributed by atoms with Gasteiger partial charge in [-0.25, -0.2) is 0 Å². The number of aldehydes is 1. The third-order valence-corrected chi connectivity index (χ3v) is 3.15. The molecule has 4 heteroatoms. The highest BCUT2D eigenvalue weighted by Crippen LogP contribution is 2.12. The van der Waals surface area contributed by atoms with Crippen molar-refractivity contribution in [3.63, 3.8) is 0 Å². The first-order valence-electron chi connectivity index (χ1n) is 4.49. The van der Waals surface area contributed by atoms with Crippen LogP contribution in [0.1, 0.15) is 28.9 Å². The van der Waals surface area contributed by atoms with E-state index in [1.165, 1.54) is 16.9 Å². The summed E-state index contributed by atoms with van der Waals surface area (Å²) in [5.74, 6) is 0. The smallest absolute Gasteiger partial charge is 0.150 e. The zero-order valence-corrected chi connectivity index (χ0v) is 10.1. The molecule has 0 radical (unpaired) electrons. The van der Waals surface area contributed by atoms with Crippen molar-refractivity contribution in [3.8, 4) is 0 Å². The zero-order valence-electron chi connectivity index (χ0n) is 8.42. The summed E-state index contributed by atoms with van der Waals surface area (Å²) in [4.78, 5) is 9.87. The molecule has 2 aromatic heterocycles. The van der Waals surface area contributed by atoms with E-state index >= 15 is 0 Å². The van der Waals surface area contributed by atoms with Gasteiger partial charge in [-0.05, 0) is 40.8 Å². The van der Waals surface area contributed by atoms with E-state index in [0.717, 1.165) is 11.8 Å². The van der Waals surface area contributed by atoms with Crippen LogP contribution in [0.3, 0.4) is 0 Å². The predicted octanol–water partition coefficient (Wildman–Crippen LogP) is 3.33. The van der Waals surface area contributed by atoms with Crippen molar-refractivity contribution in [2.75, 3.05) is 0 Å². The Bertz CT molecular complexity index is 365. The molecule has 0 saturated carbocycles. The summed E-state index contributed by atoms with van der Waals surface area (Å²) in [6.45, 7) is 1.99. The van der Waals surface area contributed by atoms with E-state index in [4.69, 9.17) is 5.73 Å². The fourth-order valence-corrected chi connectivity index (χ4v) is 2.25. The van der Waals surface area contributed by atoms with Gasteiger partial charge in [-0.15, -0.1) is 0 Å². The van der Waals surface area contributed by atoms with E-state index in [1.807, 2.05) is 23.1 Å². The van der Waals surface area contributed by atoms with Gasteiger partial charge in [-0.2, -0.15) is 22.7 Å². The van der Waals surface area contributed by atoms with Crippen molar-refractivity contribution in [1.29, 1.82) is 0 Å². The Morgan fingerprint density at radius 3 is 2.20 bits per heavy atom. The van der Waals surface area contributed by atoms with E-state index in [2.05, 4.69) is 11.4 Å². The lowest BCUT2D eigenvalue weighted by Crippen LogP contribution is -2.02. The average molecular weight is 239 g/mol. The van der Waals surface area contributed by atoms with Gasteiger partial charge in [0.2, 0.25) is 0 Å². The summed E-state index contributed by atoms with van der Waals surface area (Å²) in [6.07, 6.45) is 0.844. The van der Waals surface area contributed by atoms with Gasteiger partial charge in [0.05, 0.1) is 0 Å². The minimum Gasteiger partial charge on any atom is -0.324 e. The monoisotopic (exact) mass is 239 g/mol. The fraction of sp³-hybridized carbons (Fsp3) is 0.182.